The van der Waals surface area contributed by atoms with Crippen LogP contribution in [0.15, 0.2) is 21.1 Å². The van der Waals surface area contributed by atoms with Crippen LogP contribution in [0.25, 0.3) is 0 Å². The Bertz CT molecular complexity index is 388. The van der Waals surface area contributed by atoms with Crippen LogP contribution in [0.3, 0.4) is 0 Å². The smallest absolute Gasteiger partial charge is 0.137 e. The molecule has 0 unspecified atom stereocenters. The van der Waals surface area contributed by atoms with Crippen molar-refractivity contribution in [1.29, 1.82) is 0 Å². The lowest BCUT2D eigenvalue weighted by molar-refractivity contribution is 0.404. The summed E-state index contributed by atoms with van der Waals surface area (Å²) in [6.45, 7) is 1.89. The fourth-order valence-corrected chi connectivity index (χ4v) is 3.84. The van der Waals surface area contributed by atoms with E-state index in [2.05, 4.69) is 49.5 Å². The maximum absolute atomic E-state index is 5.43. The molecule has 1 N–H and O–H groups in total. The Hall–Kier alpha value is 0.290. The number of unbranched alkanes of at least 4 members (excludes halogenated alkanes) is 2. The first-order chi connectivity index (χ1) is 9.19. The van der Waals surface area contributed by atoms with E-state index in [1.54, 1.807) is 7.11 Å². The van der Waals surface area contributed by atoms with Crippen LogP contribution in [0.2, 0.25) is 0 Å². The van der Waals surface area contributed by atoms with Gasteiger partial charge in [-0.2, -0.15) is 11.8 Å². The molecule has 0 aromatic heterocycles. The summed E-state index contributed by atoms with van der Waals surface area (Å²) in [5.74, 6) is 2.19. The zero-order valence-electron chi connectivity index (χ0n) is 11.5. The van der Waals surface area contributed by atoms with Gasteiger partial charge in [0.1, 0.15) is 5.75 Å². The maximum atomic E-state index is 5.43. The number of ether oxygens (including phenoxy) is 1. The average molecular weight is 411 g/mol. The van der Waals surface area contributed by atoms with Gasteiger partial charge in [-0.25, -0.2) is 0 Å². The summed E-state index contributed by atoms with van der Waals surface area (Å²) in [5.41, 5.74) is 1.17. The van der Waals surface area contributed by atoms with Crippen molar-refractivity contribution in [2.24, 2.45) is 0 Å². The minimum atomic E-state index is 0.837. The predicted octanol–water partition coefficient (Wildman–Crippen LogP) is 4.84. The highest BCUT2D eigenvalue weighted by atomic mass is 79.9. The van der Waals surface area contributed by atoms with Crippen molar-refractivity contribution in [3.63, 3.8) is 0 Å². The maximum Gasteiger partial charge on any atom is 0.137 e. The van der Waals surface area contributed by atoms with Crippen molar-refractivity contribution in [3.05, 3.63) is 26.6 Å². The summed E-state index contributed by atoms with van der Waals surface area (Å²) >= 11 is 8.96. The summed E-state index contributed by atoms with van der Waals surface area (Å²) < 4.78 is 7.48. The first kappa shape index (κ1) is 17.3. The summed E-state index contributed by atoms with van der Waals surface area (Å²) in [4.78, 5) is 0. The van der Waals surface area contributed by atoms with E-state index in [4.69, 9.17) is 4.74 Å². The van der Waals surface area contributed by atoms with Crippen LogP contribution in [0.4, 0.5) is 0 Å². The molecule has 0 bridgehead atoms. The van der Waals surface area contributed by atoms with Gasteiger partial charge in [-0.1, -0.05) is 22.4 Å². The largest absolute Gasteiger partial charge is 0.495 e. The van der Waals surface area contributed by atoms with Crippen LogP contribution in [-0.4, -0.2) is 25.7 Å². The van der Waals surface area contributed by atoms with Gasteiger partial charge < -0.3 is 10.1 Å². The van der Waals surface area contributed by atoms with Crippen LogP contribution >= 0.6 is 43.6 Å². The second kappa shape index (κ2) is 10.1. The van der Waals surface area contributed by atoms with Crippen LogP contribution in [-0.2, 0) is 6.54 Å². The molecule has 0 aliphatic heterocycles. The number of halogens is 2. The number of rotatable bonds is 9. The second-order valence-electron chi connectivity index (χ2n) is 4.31. The minimum Gasteiger partial charge on any atom is -0.495 e. The molecule has 5 heteroatoms. The minimum absolute atomic E-state index is 0.837. The molecule has 0 amide bonds. The third-order valence-corrected chi connectivity index (χ3v) is 4.55. The van der Waals surface area contributed by atoms with Crippen molar-refractivity contribution in [1.82, 2.24) is 5.32 Å². The summed E-state index contributed by atoms with van der Waals surface area (Å²) in [6.07, 6.45) is 6.01. The van der Waals surface area contributed by atoms with Gasteiger partial charge >= 0.3 is 0 Å². The molecular weight excluding hydrogens is 390 g/mol. The lowest BCUT2D eigenvalue weighted by Gasteiger charge is -2.12. The third-order valence-electron chi connectivity index (χ3n) is 2.81. The van der Waals surface area contributed by atoms with E-state index < -0.39 is 0 Å². The molecular formula is C14H21Br2NOS. The molecule has 0 atom stereocenters. The molecule has 0 saturated carbocycles. The molecule has 0 radical (unpaired) electrons. The Morgan fingerprint density at radius 2 is 2.00 bits per heavy atom. The van der Waals surface area contributed by atoms with Gasteiger partial charge in [-0.3, -0.25) is 0 Å². The van der Waals surface area contributed by atoms with Crippen LogP contribution in [0, 0.1) is 0 Å². The van der Waals surface area contributed by atoms with Crippen molar-refractivity contribution >= 4 is 43.6 Å². The van der Waals surface area contributed by atoms with Crippen molar-refractivity contribution in [2.45, 2.75) is 25.8 Å². The molecule has 0 fully saturated rings. The Kier molecular flexibility index (Phi) is 9.20. The van der Waals surface area contributed by atoms with Crippen molar-refractivity contribution < 1.29 is 4.74 Å². The van der Waals surface area contributed by atoms with E-state index in [1.165, 1.54) is 30.6 Å². The first-order valence-electron chi connectivity index (χ1n) is 6.40. The number of benzene rings is 1. The molecule has 0 heterocycles. The molecule has 1 aromatic rings. The number of hydrogen-bond donors (Lipinski definition) is 1. The first-order valence-corrected chi connectivity index (χ1v) is 9.38. The Morgan fingerprint density at radius 3 is 2.68 bits per heavy atom. The number of methoxy groups -OCH3 is 1. The quantitative estimate of drug-likeness (QED) is 0.588. The number of thioether (sulfide) groups is 1. The van der Waals surface area contributed by atoms with Gasteiger partial charge in [0.2, 0.25) is 0 Å². The second-order valence-corrected chi connectivity index (χ2v) is 7.07. The van der Waals surface area contributed by atoms with Gasteiger partial charge in [0.15, 0.2) is 0 Å². The molecule has 19 heavy (non-hydrogen) atoms. The fraction of sp³-hybridized carbons (Fsp3) is 0.571. The van der Waals surface area contributed by atoms with Crippen molar-refractivity contribution in [3.8, 4) is 5.75 Å². The molecule has 0 aliphatic rings. The van der Waals surface area contributed by atoms with E-state index in [0.29, 0.717) is 0 Å². The monoisotopic (exact) mass is 409 g/mol. The summed E-state index contributed by atoms with van der Waals surface area (Å²) in [7, 11) is 1.71. The van der Waals surface area contributed by atoms with Crippen LogP contribution < -0.4 is 10.1 Å². The highest BCUT2D eigenvalue weighted by Crippen LogP contribution is 2.32. The average Bonchev–Trinajstić information content (AvgIpc) is 2.37. The van der Waals surface area contributed by atoms with Gasteiger partial charge in [-0.15, -0.1) is 0 Å². The zero-order chi connectivity index (χ0) is 14.1. The lowest BCUT2D eigenvalue weighted by atomic mass is 10.2. The predicted molar refractivity (Wildman–Crippen MR) is 92.3 cm³/mol. The molecule has 1 rings (SSSR count). The van der Waals surface area contributed by atoms with E-state index in [-0.39, 0.29) is 0 Å². The summed E-state index contributed by atoms with van der Waals surface area (Å²) in [6, 6.07) is 4.11. The number of nitrogens with one attached hydrogen (secondary N) is 1. The molecule has 108 valence electrons. The Morgan fingerprint density at radius 1 is 1.21 bits per heavy atom. The Labute approximate surface area is 137 Å². The van der Waals surface area contributed by atoms with E-state index in [0.717, 1.165) is 27.8 Å². The van der Waals surface area contributed by atoms with Crippen LogP contribution in [0.5, 0.6) is 5.75 Å². The van der Waals surface area contributed by atoms with Crippen molar-refractivity contribution in [2.75, 3.05) is 25.7 Å². The highest BCUT2D eigenvalue weighted by Gasteiger charge is 2.08. The summed E-state index contributed by atoms with van der Waals surface area (Å²) in [5, 5.41) is 3.48. The van der Waals surface area contributed by atoms with Gasteiger partial charge in [0.25, 0.3) is 0 Å². The molecule has 2 nitrogen and oxygen atoms in total. The standard InChI is InChI=1S/C14H21Br2NOS/c1-18-14-11(8-12(15)9-13(14)16)10-17-6-4-3-5-7-19-2/h8-9,17H,3-7,10H2,1-2H3. The van der Waals surface area contributed by atoms with E-state index in [1.807, 2.05) is 17.8 Å². The van der Waals surface area contributed by atoms with E-state index >= 15 is 0 Å². The van der Waals surface area contributed by atoms with E-state index in [9.17, 15) is 0 Å². The normalized spacial score (nSPS) is 10.7. The molecule has 0 spiro atoms. The number of hydrogen-bond acceptors (Lipinski definition) is 3. The topological polar surface area (TPSA) is 21.3 Å². The Balaban J connectivity index is 2.36. The molecule has 0 saturated heterocycles. The molecule has 0 aliphatic carbocycles. The molecule has 1 aromatic carbocycles. The lowest BCUT2D eigenvalue weighted by Crippen LogP contribution is -2.15. The van der Waals surface area contributed by atoms with Gasteiger partial charge in [0, 0.05) is 16.6 Å². The SMILES string of the molecule is COc1c(Br)cc(Br)cc1CNCCCCCSC. The highest BCUT2D eigenvalue weighted by molar-refractivity contribution is 9.11. The third kappa shape index (κ3) is 6.52. The van der Waals surface area contributed by atoms with Gasteiger partial charge in [0.05, 0.1) is 11.6 Å². The fourth-order valence-electron chi connectivity index (χ4n) is 1.87. The zero-order valence-corrected chi connectivity index (χ0v) is 15.5. The van der Waals surface area contributed by atoms with Crippen LogP contribution in [0.1, 0.15) is 24.8 Å². The van der Waals surface area contributed by atoms with Gasteiger partial charge in [-0.05, 0) is 59.5 Å².